The van der Waals surface area contributed by atoms with Crippen LogP contribution >= 0.6 is 0 Å². The summed E-state index contributed by atoms with van der Waals surface area (Å²) in [5.74, 6) is 0.763. The topological polar surface area (TPSA) is 35.5 Å². The van der Waals surface area contributed by atoms with E-state index in [1.54, 1.807) is 0 Å². The number of piperidine rings is 1. The highest BCUT2D eigenvalue weighted by Crippen LogP contribution is 2.22. The average molecular weight is 248 g/mol. The van der Waals surface area contributed by atoms with Crippen LogP contribution in [-0.4, -0.2) is 36.2 Å². The summed E-state index contributed by atoms with van der Waals surface area (Å²) in [6.07, 6.45) is 2.55. The summed E-state index contributed by atoms with van der Waals surface area (Å²) in [6, 6.07) is 8.57. The smallest absolute Gasteiger partial charge is 0.0681 e. The Balaban J connectivity index is 1.87. The van der Waals surface area contributed by atoms with Gasteiger partial charge in [0.05, 0.1) is 6.61 Å². The first-order valence-electron chi connectivity index (χ1n) is 6.84. The minimum atomic E-state index is 0.116. The molecule has 100 valence electrons. The molecule has 1 aromatic rings. The fourth-order valence-corrected chi connectivity index (χ4v) is 2.62. The zero-order chi connectivity index (χ0) is 13.0. The summed E-state index contributed by atoms with van der Waals surface area (Å²) in [6.45, 7) is 4.81. The molecular weight excluding hydrogens is 224 g/mol. The second-order valence-electron chi connectivity index (χ2n) is 5.43. The van der Waals surface area contributed by atoms with E-state index in [4.69, 9.17) is 5.11 Å². The Kier molecular flexibility index (Phi) is 4.61. The van der Waals surface area contributed by atoms with Crippen LogP contribution in [0.5, 0.6) is 0 Å². The quantitative estimate of drug-likeness (QED) is 0.858. The molecule has 1 aliphatic rings. The van der Waals surface area contributed by atoms with E-state index in [-0.39, 0.29) is 6.61 Å². The Morgan fingerprint density at radius 1 is 1.28 bits per heavy atom. The van der Waals surface area contributed by atoms with Crippen LogP contribution in [0, 0.1) is 5.92 Å². The lowest BCUT2D eigenvalue weighted by molar-refractivity contribution is 0.208. The molecule has 0 spiro atoms. The van der Waals surface area contributed by atoms with Gasteiger partial charge in [-0.3, -0.25) is 0 Å². The first kappa shape index (κ1) is 13.4. The second-order valence-corrected chi connectivity index (χ2v) is 5.43. The fourth-order valence-electron chi connectivity index (χ4n) is 2.62. The maximum atomic E-state index is 9.01. The van der Waals surface area contributed by atoms with Crippen molar-refractivity contribution < 1.29 is 5.11 Å². The van der Waals surface area contributed by atoms with Gasteiger partial charge in [-0.15, -0.1) is 0 Å². The Bertz CT molecular complexity index is 355. The predicted octanol–water partition coefficient (Wildman–Crippen LogP) is 2.32. The maximum Gasteiger partial charge on any atom is 0.0681 e. The molecule has 0 amide bonds. The van der Waals surface area contributed by atoms with Crippen LogP contribution in [0.4, 0.5) is 5.69 Å². The number of hydrogen-bond donors (Lipinski definition) is 2. The first-order valence-corrected chi connectivity index (χ1v) is 6.84. The molecule has 2 N–H and O–H groups in total. The van der Waals surface area contributed by atoms with Crippen molar-refractivity contribution in [3.8, 4) is 0 Å². The molecule has 1 saturated heterocycles. The SMILES string of the molecule is CC(Nc1ccc(CO)cc1)C1CCN(C)CC1. The third-order valence-corrected chi connectivity index (χ3v) is 4.00. The van der Waals surface area contributed by atoms with Gasteiger partial charge in [-0.2, -0.15) is 0 Å². The molecule has 3 nitrogen and oxygen atoms in total. The largest absolute Gasteiger partial charge is 0.392 e. The molecule has 0 aliphatic carbocycles. The van der Waals surface area contributed by atoms with Gasteiger partial charge in [-0.1, -0.05) is 12.1 Å². The average Bonchev–Trinajstić information content (AvgIpc) is 2.40. The Morgan fingerprint density at radius 2 is 1.89 bits per heavy atom. The third kappa shape index (κ3) is 3.47. The van der Waals surface area contributed by atoms with Crippen LogP contribution < -0.4 is 5.32 Å². The molecule has 0 aromatic heterocycles. The highest BCUT2D eigenvalue weighted by molar-refractivity contribution is 5.45. The van der Waals surface area contributed by atoms with E-state index in [0.717, 1.165) is 17.2 Å². The van der Waals surface area contributed by atoms with Crippen molar-refractivity contribution in [3.05, 3.63) is 29.8 Å². The fraction of sp³-hybridized carbons (Fsp3) is 0.600. The Labute approximate surface area is 110 Å². The molecule has 1 aromatic carbocycles. The van der Waals surface area contributed by atoms with Crippen LogP contribution in [-0.2, 0) is 6.61 Å². The van der Waals surface area contributed by atoms with Gasteiger partial charge in [0.15, 0.2) is 0 Å². The lowest BCUT2D eigenvalue weighted by atomic mass is 9.90. The van der Waals surface area contributed by atoms with Crippen molar-refractivity contribution in [3.63, 3.8) is 0 Å². The number of rotatable bonds is 4. The molecule has 0 saturated carbocycles. The zero-order valence-corrected chi connectivity index (χ0v) is 11.4. The molecule has 3 heteroatoms. The number of anilines is 1. The van der Waals surface area contributed by atoms with E-state index < -0.39 is 0 Å². The van der Waals surface area contributed by atoms with Gasteiger partial charge in [0.2, 0.25) is 0 Å². The van der Waals surface area contributed by atoms with Crippen LogP contribution in [0.15, 0.2) is 24.3 Å². The molecule has 1 fully saturated rings. The van der Waals surface area contributed by atoms with Crippen LogP contribution in [0.1, 0.15) is 25.3 Å². The molecular formula is C15H24N2O. The predicted molar refractivity (Wildman–Crippen MR) is 75.7 cm³/mol. The van der Waals surface area contributed by atoms with Crippen molar-refractivity contribution in [2.45, 2.75) is 32.4 Å². The Hall–Kier alpha value is -1.06. The summed E-state index contributed by atoms with van der Waals surface area (Å²) in [7, 11) is 2.20. The van der Waals surface area contributed by atoms with Gasteiger partial charge in [0.1, 0.15) is 0 Å². The van der Waals surface area contributed by atoms with Gasteiger partial charge in [-0.05, 0) is 63.5 Å². The third-order valence-electron chi connectivity index (χ3n) is 4.00. The molecule has 0 bridgehead atoms. The van der Waals surface area contributed by atoms with Gasteiger partial charge in [-0.25, -0.2) is 0 Å². The maximum absolute atomic E-state index is 9.01. The van der Waals surface area contributed by atoms with E-state index in [1.807, 2.05) is 12.1 Å². The number of aliphatic hydroxyl groups excluding tert-OH is 1. The minimum absolute atomic E-state index is 0.116. The van der Waals surface area contributed by atoms with Crippen molar-refractivity contribution >= 4 is 5.69 Å². The van der Waals surface area contributed by atoms with Crippen molar-refractivity contribution in [2.24, 2.45) is 5.92 Å². The number of benzene rings is 1. The number of nitrogens with one attached hydrogen (secondary N) is 1. The monoisotopic (exact) mass is 248 g/mol. The normalized spacial score (nSPS) is 19.7. The standard InChI is InChI=1S/C15H24N2O/c1-12(14-7-9-17(2)10-8-14)16-15-5-3-13(11-18)4-6-15/h3-6,12,14,16,18H,7-11H2,1-2H3. The number of aliphatic hydroxyl groups is 1. The minimum Gasteiger partial charge on any atom is -0.392 e. The van der Waals surface area contributed by atoms with Gasteiger partial charge in [0, 0.05) is 11.7 Å². The molecule has 18 heavy (non-hydrogen) atoms. The molecule has 1 unspecified atom stereocenters. The van der Waals surface area contributed by atoms with Gasteiger partial charge >= 0.3 is 0 Å². The lowest BCUT2D eigenvalue weighted by Crippen LogP contribution is -2.37. The summed E-state index contributed by atoms with van der Waals surface area (Å²) >= 11 is 0. The molecule has 1 atom stereocenters. The highest BCUT2D eigenvalue weighted by Gasteiger charge is 2.21. The molecule has 1 aliphatic heterocycles. The first-order chi connectivity index (χ1) is 8.69. The molecule has 1 heterocycles. The van der Waals surface area contributed by atoms with Gasteiger partial charge < -0.3 is 15.3 Å². The van der Waals surface area contributed by atoms with E-state index in [9.17, 15) is 0 Å². The highest BCUT2D eigenvalue weighted by atomic mass is 16.3. The van der Waals surface area contributed by atoms with Crippen molar-refractivity contribution in [1.82, 2.24) is 4.90 Å². The van der Waals surface area contributed by atoms with Crippen molar-refractivity contribution in [2.75, 3.05) is 25.5 Å². The van der Waals surface area contributed by atoms with E-state index in [0.29, 0.717) is 6.04 Å². The van der Waals surface area contributed by atoms with Crippen LogP contribution in [0.2, 0.25) is 0 Å². The summed E-state index contributed by atoms with van der Waals surface area (Å²) in [5.41, 5.74) is 2.12. The number of nitrogens with zero attached hydrogens (tertiary/aromatic N) is 1. The molecule has 0 radical (unpaired) electrons. The lowest BCUT2D eigenvalue weighted by Gasteiger charge is -2.33. The van der Waals surface area contributed by atoms with E-state index >= 15 is 0 Å². The Morgan fingerprint density at radius 3 is 2.44 bits per heavy atom. The number of likely N-dealkylation sites (tertiary alicyclic amines) is 1. The summed E-state index contributed by atoms with van der Waals surface area (Å²) in [5, 5.41) is 12.6. The number of hydrogen-bond acceptors (Lipinski definition) is 3. The summed E-state index contributed by atoms with van der Waals surface area (Å²) in [4.78, 5) is 2.40. The van der Waals surface area contributed by atoms with E-state index in [1.165, 1.54) is 25.9 Å². The second kappa shape index (κ2) is 6.21. The van der Waals surface area contributed by atoms with E-state index in [2.05, 4.69) is 36.3 Å². The van der Waals surface area contributed by atoms with Gasteiger partial charge in [0.25, 0.3) is 0 Å². The van der Waals surface area contributed by atoms with Crippen LogP contribution in [0.3, 0.4) is 0 Å². The zero-order valence-electron chi connectivity index (χ0n) is 11.4. The molecule has 2 rings (SSSR count). The summed E-state index contributed by atoms with van der Waals surface area (Å²) < 4.78 is 0. The van der Waals surface area contributed by atoms with Crippen LogP contribution in [0.25, 0.3) is 0 Å². The van der Waals surface area contributed by atoms with Crippen molar-refractivity contribution in [1.29, 1.82) is 0 Å².